The highest BCUT2D eigenvalue weighted by Gasteiger charge is 2.10. The number of aromatic nitrogens is 1. The zero-order valence-corrected chi connectivity index (χ0v) is 9.20. The van der Waals surface area contributed by atoms with Crippen LogP contribution in [0.2, 0.25) is 0 Å². The van der Waals surface area contributed by atoms with Crippen LogP contribution in [0.15, 0.2) is 23.3 Å². The first-order chi connectivity index (χ1) is 7.27. The third kappa shape index (κ3) is 3.88. The molecule has 1 aromatic heterocycles. The van der Waals surface area contributed by atoms with E-state index in [1.54, 1.807) is 18.5 Å². The van der Waals surface area contributed by atoms with Crippen LogP contribution in [-0.4, -0.2) is 16.7 Å². The van der Waals surface area contributed by atoms with Gasteiger partial charge in [-0.25, -0.2) is 0 Å². The Labute approximate surface area is 90.2 Å². The van der Waals surface area contributed by atoms with Gasteiger partial charge < -0.3 is 10.1 Å². The van der Waals surface area contributed by atoms with Crippen LogP contribution in [0, 0.1) is 5.92 Å². The average molecular weight is 209 g/mol. The Kier molecular flexibility index (Phi) is 5.12. The molecule has 2 N–H and O–H groups in total. The van der Waals surface area contributed by atoms with Gasteiger partial charge in [0.05, 0.1) is 0 Å². The Morgan fingerprint density at radius 3 is 2.87 bits per heavy atom. The molecule has 1 rings (SSSR count). The number of rotatable bonds is 6. The molecule has 0 aliphatic carbocycles. The van der Waals surface area contributed by atoms with Gasteiger partial charge in [0.1, 0.15) is 0 Å². The first kappa shape index (κ1) is 12.0. The van der Waals surface area contributed by atoms with Gasteiger partial charge in [0.25, 0.3) is 0 Å². The highest BCUT2D eigenvalue weighted by molar-refractivity contribution is 5.09. The zero-order valence-electron chi connectivity index (χ0n) is 9.20. The van der Waals surface area contributed by atoms with Crippen molar-refractivity contribution < 1.29 is 5.11 Å². The van der Waals surface area contributed by atoms with Crippen LogP contribution in [0.1, 0.15) is 31.7 Å². The van der Waals surface area contributed by atoms with E-state index in [0.29, 0.717) is 5.92 Å². The second kappa shape index (κ2) is 6.40. The summed E-state index contributed by atoms with van der Waals surface area (Å²) in [7, 11) is 0. The van der Waals surface area contributed by atoms with Crippen molar-refractivity contribution in [3.05, 3.63) is 34.2 Å². The molecule has 0 saturated carbocycles. The Bertz CT molecular complexity index is 326. The Hall–Kier alpha value is -1.09. The van der Waals surface area contributed by atoms with Crippen molar-refractivity contribution in [1.82, 2.24) is 4.98 Å². The standard InChI is InChI=1S/C12H19NO2/c1-2-3-10(5-7-14)8-11-9-13-6-4-12(11)15/h4,6,9-10,14H,2-3,5,7-8H2,1H3,(H,13,15). The highest BCUT2D eigenvalue weighted by atomic mass is 16.3. The number of pyridine rings is 1. The molecule has 3 nitrogen and oxygen atoms in total. The number of aromatic amines is 1. The molecule has 15 heavy (non-hydrogen) atoms. The van der Waals surface area contributed by atoms with Crippen LogP contribution < -0.4 is 5.43 Å². The maximum absolute atomic E-state index is 11.5. The molecule has 1 atom stereocenters. The van der Waals surface area contributed by atoms with Crippen LogP contribution >= 0.6 is 0 Å². The fourth-order valence-electron chi connectivity index (χ4n) is 1.86. The van der Waals surface area contributed by atoms with Crippen molar-refractivity contribution in [1.29, 1.82) is 0 Å². The zero-order chi connectivity index (χ0) is 11.1. The van der Waals surface area contributed by atoms with E-state index in [1.165, 1.54) is 0 Å². The predicted molar refractivity (Wildman–Crippen MR) is 60.9 cm³/mol. The molecule has 1 heterocycles. The largest absolute Gasteiger partial charge is 0.396 e. The number of H-pyrrole nitrogens is 1. The van der Waals surface area contributed by atoms with Gasteiger partial charge in [0.15, 0.2) is 5.43 Å². The molecule has 0 fully saturated rings. The lowest BCUT2D eigenvalue weighted by Crippen LogP contribution is -2.14. The molecular formula is C12H19NO2. The molecular weight excluding hydrogens is 190 g/mol. The quantitative estimate of drug-likeness (QED) is 0.749. The molecule has 0 saturated heterocycles. The van der Waals surface area contributed by atoms with E-state index >= 15 is 0 Å². The lowest BCUT2D eigenvalue weighted by molar-refractivity contribution is 0.250. The molecule has 0 aliphatic rings. The summed E-state index contributed by atoms with van der Waals surface area (Å²) in [6, 6.07) is 1.55. The minimum Gasteiger partial charge on any atom is -0.396 e. The van der Waals surface area contributed by atoms with E-state index in [0.717, 1.165) is 31.2 Å². The molecule has 3 heteroatoms. The van der Waals surface area contributed by atoms with Crippen molar-refractivity contribution in [2.45, 2.75) is 32.6 Å². The maximum atomic E-state index is 11.5. The van der Waals surface area contributed by atoms with E-state index < -0.39 is 0 Å². The van der Waals surface area contributed by atoms with Crippen LogP contribution in [0.5, 0.6) is 0 Å². The molecule has 0 radical (unpaired) electrons. The number of nitrogens with one attached hydrogen (secondary N) is 1. The SMILES string of the molecule is CCCC(CCO)Cc1c[nH]ccc1=O. The predicted octanol–water partition coefficient (Wildman–Crippen LogP) is 1.72. The van der Waals surface area contributed by atoms with E-state index in [-0.39, 0.29) is 12.0 Å². The Balaban J connectivity index is 2.65. The molecule has 0 aromatic carbocycles. The normalized spacial score (nSPS) is 12.7. The second-order valence-corrected chi connectivity index (χ2v) is 3.90. The van der Waals surface area contributed by atoms with Crippen LogP contribution in [0.4, 0.5) is 0 Å². The Morgan fingerprint density at radius 1 is 1.47 bits per heavy atom. The number of hydrogen-bond acceptors (Lipinski definition) is 2. The number of aliphatic hydroxyl groups excluding tert-OH is 1. The van der Waals surface area contributed by atoms with E-state index in [2.05, 4.69) is 11.9 Å². The fourth-order valence-corrected chi connectivity index (χ4v) is 1.86. The van der Waals surface area contributed by atoms with Crippen molar-refractivity contribution in [3.63, 3.8) is 0 Å². The topological polar surface area (TPSA) is 53.1 Å². The van der Waals surface area contributed by atoms with Crippen molar-refractivity contribution in [3.8, 4) is 0 Å². The molecule has 1 aromatic rings. The van der Waals surface area contributed by atoms with Gasteiger partial charge in [-0.2, -0.15) is 0 Å². The maximum Gasteiger partial charge on any atom is 0.184 e. The Morgan fingerprint density at radius 2 is 2.27 bits per heavy atom. The third-order valence-corrected chi connectivity index (χ3v) is 2.65. The van der Waals surface area contributed by atoms with Crippen molar-refractivity contribution >= 4 is 0 Å². The van der Waals surface area contributed by atoms with Crippen LogP contribution in [0.3, 0.4) is 0 Å². The summed E-state index contributed by atoms with van der Waals surface area (Å²) in [5, 5.41) is 8.92. The average Bonchev–Trinajstić information content (AvgIpc) is 2.22. The van der Waals surface area contributed by atoms with E-state index in [9.17, 15) is 4.79 Å². The van der Waals surface area contributed by atoms with Gasteiger partial charge in [0, 0.05) is 30.6 Å². The van der Waals surface area contributed by atoms with Gasteiger partial charge >= 0.3 is 0 Å². The summed E-state index contributed by atoms with van der Waals surface area (Å²) in [5.41, 5.74) is 0.914. The molecule has 0 spiro atoms. The second-order valence-electron chi connectivity index (χ2n) is 3.90. The van der Waals surface area contributed by atoms with Crippen LogP contribution in [-0.2, 0) is 6.42 Å². The highest BCUT2D eigenvalue weighted by Crippen LogP contribution is 2.15. The summed E-state index contributed by atoms with van der Waals surface area (Å²) in [6.07, 6.45) is 7.12. The van der Waals surface area contributed by atoms with Gasteiger partial charge in [-0.15, -0.1) is 0 Å². The first-order valence-corrected chi connectivity index (χ1v) is 5.54. The lowest BCUT2D eigenvalue weighted by Gasteiger charge is -2.13. The monoisotopic (exact) mass is 209 g/mol. The minimum atomic E-state index is 0.0905. The summed E-state index contributed by atoms with van der Waals surface area (Å²) in [6.45, 7) is 2.33. The van der Waals surface area contributed by atoms with Crippen molar-refractivity contribution in [2.75, 3.05) is 6.61 Å². The van der Waals surface area contributed by atoms with Gasteiger partial charge in [-0.05, 0) is 18.8 Å². The minimum absolute atomic E-state index is 0.0905. The summed E-state index contributed by atoms with van der Waals surface area (Å²) >= 11 is 0. The van der Waals surface area contributed by atoms with Crippen molar-refractivity contribution in [2.24, 2.45) is 5.92 Å². The molecule has 0 bridgehead atoms. The smallest absolute Gasteiger partial charge is 0.184 e. The fraction of sp³-hybridized carbons (Fsp3) is 0.583. The van der Waals surface area contributed by atoms with Crippen LogP contribution in [0.25, 0.3) is 0 Å². The van der Waals surface area contributed by atoms with E-state index in [1.807, 2.05) is 0 Å². The molecule has 0 amide bonds. The third-order valence-electron chi connectivity index (χ3n) is 2.65. The van der Waals surface area contributed by atoms with Gasteiger partial charge in [-0.1, -0.05) is 19.8 Å². The summed E-state index contributed by atoms with van der Waals surface area (Å²) < 4.78 is 0. The van der Waals surface area contributed by atoms with Gasteiger partial charge in [-0.3, -0.25) is 4.79 Å². The molecule has 0 aliphatic heterocycles. The van der Waals surface area contributed by atoms with E-state index in [4.69, 9.17) is 5.11 Å². The summed E-state index contributed by atoms with van der Waals surface area (Å²) in [5.74, 6) is 0.420. The summed E-state index contributed by atoms with van der Waals surface area (Å²) in [4.78, 5) is 14.4. The number of aliphatic hydroxyl groups is 1. The van der Waals surface area contributed by atoms with Gasteiger partial charge in [0.2, 0.25) is 0 Å². The molecule has 1 unspecified atom stereocenters. The lowest BCUT2D eigenvalue weighted by atomic mass is 9.93. The number of hydrogen-bond donors (Lipinski definition) is 2. The first-order valence-electron chi connectivity index (χ1n) is 5.54. The molecule has 84 valence electrons.